The zero-order valence-corrected chi connectivity index (χ0v) is 15.1. The second-order valence-electron chi connectivity index (χ2n) is 4.22. The zero-order valence-electron chi connectivity index (χ0n) is 11.9. The van der Waals surface area contributed by atoms with Crippen molar-refractivity contribution in [1.82, 2.24) is 0 Å². The van der Waals surface area contributed by atoms with Gasteiger partial charge < -0.3 is 0 Å². The third-order valence-corrected chi connectivity index (χ3v) is 2.64. The molecule has 102 valence electrons. The zero-order chi connectivity index (χ0) is 13.9. The molecule has 0 N–H and O–H groups in total. The average molecular weight is 362 g/mol. The Morgan fingerprint density at radius 1 is 0.650 bits per heavy atom. The Morgan fingerprint density at radius 2 is 1.00 bits per heavy atom. The number of benzene rings is 1. The molecule has 0 aliphatic rings. The maximum Gasteiger partial charge on any atom is 2.00 e. The molecule has 0 heterocycles. The molecule has 0 saturated carbocycles. The molecular weight excluding hydrogens is 343 g/mol. The minimum absolute atomic E-state index is 0. The van der Waals surface area contributed by atoms with E-state index in [-0.39, 0.29) is 26.2 Å². The van der Waals surface area contributed by atoms with Crippen LogP contribution in [0.5, 0.6) is 0 Å². The minimum Gasteiger partial charge on any atom is -0.213 e. The third kappa shape index (κ3) is 9.95. The van der Waals surface area contributed by atoms with Gasteiger partial charge in [0, 0.05) is 5.02 Å². The molecule has 0 bridgehead atoms. The van der Waals surface area contributed by atoms with Gasteiger partial charge in [-0.05, 0) is 12.1 Å². The number of rotatable bonds is 0. The first-order valence-electron chi connectivity index (χ1n) is 6.25. The second kappa shape index (κ2) is 11.9. The van der Waals surface area contributed by atoms with Crippen molar-refractivity contribution in [3.8, 4) is 0 Å². The van der Waals surface area contributed by atoms with Gasteiger partial charge in [0.1, 0.15) is 0 Å². The molecule has 3 aromatic rings. The van der Waals surface area contributed by atoms with E-state index in [1.807, 2.05) is 54.6 Å². The quantitative estimate of drug-likeness (QED) is 0.446. The maximum atomic E-state index is 5.54. The summed E-state index contributed by atoms with van der Waals surface area (Å²) >= 11 is 5.54. The second-order valence-corrected chi connectivity index (χ2v) is 4.66. The summed E-state index contributed by atoms with van der Waals surface area (Å²) in [4.78, 5) is 0. The van der Waals surface area contributed by atoms with Crippen LogP contribution in [-0.4, -0.2) is 0 Å². The largest absolute Gasteiger partial charge is 2.00 e. The smallest absolute Gasteiger partial charge is 0.213 e. The molecule has 3 rings (SSSR count). The number of halogens is 1. The number of aryl methyl sites for hydroxylation is 2. The molecule has 0 radical (unpaired) electrons. The molecule has 20 heavy (non-hydrogen) atoms. The summed E-state index contributed by atoms with van der Waals surface area (Å²) in [7, 11) is 0. The van der Waals surface area contributed by atoms with Crippen LogP contribution in [0.15, 0.2) is 78.9 Å². The van der Waals surface area contributed by atoms with Crippen molar-refractivity contribution in [2.24, 2.45) is 0 Å². The first kappa shape index (κ1) is 19.1. The normalized spacial score (nSPS) is 8.35. The molecule has 0 spiro atoms. The summed E-state index contributed by atoms with van der Waals surface area (Å²) in [5, 5.41) is 0.794. The Kier molecular flexibility index (Phi) is 11.3. The van der Waals surface area contributed by atoms with Crippen LogP contribution in [0, 0.1) is 13.8 Å². The van der Waals surface area contributed by atoms with Crippen LogP contribution in [0.1, 0.15) is 11.1 Å². The standard InChI is InChI=1S/C6H5Cl.2C6H7.Zr/c7-6-4-2-1-3-5-6;2*1-6-4-2-3-5-6;/h1-5H;2*2-5H,1H3;/q;2*-1;+2. The first-order chi connectivity index (χ1) is 9.18. The summed E-state index contributed by atoms with van der Waals surface area (Å²) in [5.41, 5.74) is 2.69. The van der Waals surface area contributed by atoms with Gasteiger partial charge in [-0.1, -0.05) is 43.6 Å². The molecule has 3 aromatic carbocycles. The van der Waals surface area contributed by atoms with E-state index in [0.717, 1.165) is 5.02 Å². The molecule has 2 heteroatoms. The minimum atomic E-state index is 0. The van der Waals surface area contributed by atoms with Crippen molar-refractivity contribution >= 4 is 11.6 Å². The first-order valence-corrected chi connectivity index (χ1v) is 6.63. The van der Waals surface area contributed by atoms with Crippen LogP contribution in [-0.2, 0) is 26.2 Å². The van der Waals surface area contributed by atoms with Crippen LogP contribution in [0.4, 0.5) is 0 Å². The van der Waals surface area contributed by atoms with Crippen molar-refractivity contribution < 1.29 is 26.2 Å². The van der Waals surface area contributed by atoms with Crippen LogP contribution < -0.4 is 0 Å². The van der Waals surface area contributed by atoms with E-state index < -0.39 is 0 Å². The van der Waals surface area contributed by atoms with Crippen molar-refractivity contribution in [3.63, 3.8) is 0 Å². The Hall–Kier alpha value is -0.907. The summed E-state index contributed by atoms with van der Waals surface area (Å²) in [6, 6.07) is 25.9. The molecule has 0 aliphatic carbocycles. The van der Waals surface area contributed by atoms with Gasteiger partial charge in [0.05, 0.1) is 0 Å². The van der Waals surface area contributed by atoms with Crippen LogP contribution >= 0.6 is 11.6 Å². The molecule has 0 unspecified atom stereocenters. The number of hydrogen-bond donors (Lipinski definition) is 0. The van der Waals surface area contributed by atoms with Crippen LogP contribution in [0.3, 0.4) is 0 Å². The van der Waals surface area contributed by atoms with E-state index >= 15 is 0 Å². The predicted molar refractivity (Wildman–Crippen MR) is 85.0 cm³/mol. The van der Waals surface area contributed by atoms with Gasteiger partial charge in [0.15, 0.2) is 0 Å². The Morgan fingerprint density at radius 3 is 1.15 bits per heavy atom. The van der Waals surface area contributed by atoms with Crippen molar-refractivity contribution in [2.45, 2.75) is 13.8 Å². The van der Waals surface area contributed by atoms with Crippen molar-refractivity contribution in [2.75, 3.05) is 0 Å². The van der Waals surface area contributed by atoms with Gasteiger partial charge in [-0.15, -0.1) is 0 Å². The molecule has 0 nitrogen and oxygen atoms in total. The molecule has 0 aromatic heterocycles. The van der Waals surface area contributed by atoms with Gasteiger partial charge in [0.25, 0.3) is 0 Å². The van der Waals surface area contributed by atoms with E-state index in [1.165, 1.54) is 11.1 Å². The van der Waals surface area contributed by atoms with Crippen molar-refractivity contribution in [1.29, 1.82) is 0 Å². The van der Waals surface area contributed by atoms with E-state index in [2.05, 4.69) is 38.1 Å². The summed E-state index contributed by atoms with van der Waals surface area (Å²) in [6.45, 7) is 4.17. The topological polar surface area (TPSA) is 0 Å². The van der Waals surface area contributed by atoms with Crippen molar-refractivity contribution in [3.05, 3.63) is 95.0 Å². The number of hydrogen-bond acceptors (Lipinski definition) is 0. The molecule has 0 saturated heterocycles. The SMILES string of the molecule is C[c-]1cccc1.C[c-]1cccc1.Clc1ccccc1.[Zr+2]. The predicted octanol–water partition coefficient (Wildman–Crippen LogP) is 5.77. The van der Waals surface area contributed by atoms with Gasteiger partial charge in [-0.25, -0.2) is 24.3 Å². The van der Waals surface area contributed by atoms with E-state index in [1.54, 1.807) is 0 Å². The van der Waals surface area contributed by atoms with E-state index in [9.17, 15) is 0 Å². The summed E-state index contributed by atoms with van der Waals surface area (Å²) < 4.78 is 0. The van der Waals surface area contributed by atoms with Gasteiger partial charge in [0.2, 0.25) is 0 Å². The molecule has 0 amide bonds. The molecule has 0 aliphatic heterocycles. The van der Waals surface area contributed by atoms with Gasteiger partial charge >= 0.3 is 26.2 Å². The molecular formula is C18H19ClZr. The Bertz CT molecular complexity index is 478. The fourth-order valence-electron chi connectivity index (χ4n) is 1.36. The summed E-state index contributed by atoms with van der Waals surface area (Å²) in [5.74, 6) is 0. The van der Waals surface area contributed by atoms with E-state index in [0.29, 0.717) is 0 Å². The fraction of sp³-hybridized carbons (Fsp3) is 0.111. The molecule has 0 atom stereocenters. The monoisotopic (exact) mass is 360 g/mol. The molecule has 0 fully saturated rings. The van der Waals surface area contributed by atoms with Crippen LogP contribution in [0.2, 0.25) is 5.02 Å². The van der Waals surface area contributed by atoms with Gasteiger partial charge in [-0.2, -0.15) is 35.4 Å². The fourth-order valence-corrected chi connectivity index (χ4v) is 1.50. The van der Waals surface area contributed by atoms with Gasteiger partial charge in [-0.3, -0.25) is 0 Å². The van der Waals surface area contributed by atoms with Crippen LogP contribution in [0.25, 0.3) is 0 Å². The third-order valence-electron chi connectivity index (χ3n) is 2.39. The maximum absolute atomic E-state index is 5.54. The Labute approximate surface area is 146 Å². The van der Waals surface area contributed by atoms with E-state index in [4.69, 9.17) is 11.6 Å². The average Bonchev–Trinajstić information content (AvgIpc) is 3.05. The Balaban J connectivity index is 0.000000265. The summed E-state index contributed by atoms with van der Waals surface area (Å²) in [6.07, 6.45) is 0.